The minimum absolute atomic E-state index is 0.110. The minimum atomic E-state index is -1.16. The average molecular weight is 400 g/mol. The van der Waals surface area contributed by atoms with Gasteiger partial charge in [-0.25, -0.2) is 14.6 Å². The van der Waals surface area contributed by atoms with Crippen molar-refractivity contribution in [3.05, 3.63) is 39.9 Å². The molecule has 0 spiro atoms. The first-order valence-corrected chi connectivity index (χ1v) is 9.74. The molecule has 3 amide bonds. The number of aromatic nitrogens is 2. The Bertz CT molecular complexity index is 1010. The lowest BCUT2D eigenvalue weighted by Crippen LogP contribution is -2.44. The summed E-state index contributed by atoms with van der Waals surface area (Å²) < 4.78 is 6.86. The van der Waals surface area contributed by atoms with Crippen molar-refractivity contribution in [2.75, 3.05) is 6.54 Å². The summed E-state index contributed by atoms with van der Waals surface area (Å²) in [4.78, 5) is 53.1. The highest BCUT2D eigenvalue weighted by Crippen LogP contribution is 2.17. The van der Waals surface area contributed by atoms with Crippen molar-refractivity contribution < 1.29 is 19.1 Å². The predicted molar refractivity (Wildman–Crippen MR) is 106 cm³/mol. The molecule has 1 aromatic heterocycles. The number of urea groups is 1. The Morgan fingerprint density at radius 2 is 2.03 bits per heavy atom. The van der Waals surface area contributed by atoms with E-state index < -0.39 is 24.0 Å². The summed E-state index contributed by atoms with van der Waals surface area (Å²) in [6.07, 6.45) is 2.52. The summed E-state index contributed by atoms with van der Waals surface area (Å²) in [5, 5.41) is 4.95. The Kier molecular flexibility index (Phi) is 6.26. The van der Waals surface area contributed by atoms with Gasteiger partial charge in [-0.05, 0) is 44.9 Å². The van der Waals surface area contributed by atoms with Gasteiger partial charge in [-0.15, -0.1) is 0 Å². The quantitative estimate of drug-likeness (QED) is 0.751. The van der Waals surface area contributed by atoms with Gasteiger partial charge in [-0.3, -0.25) is 19.5 Å². The van der Waals surface area contributed by atoms with Crippen LogP contribution in [0.2, 0.25) is 0 Å². The normalized spacial score (nSPS) is 14.4. The molecule has 0 saturated carbocycles. The first kappa shape index (κ1) is 20.5. The summed E-state index contributed by atoms with van der Waals surface area (Å²) >= 11 is 0. The Morgan fingerprint density at radius 1 is 1.24 bits per heavy atom. The van der Waals surface area contributed by atoms with Crippen LogP contribution in [0.4, 0.5) is 4.79 Å². The zero-order chi connectivity index (χ0) is 21.0. The van der Waals surface area contributed by atoms with Gasteiger partial charge >= 0.3 is 12.0 Å². The fraction of sp³-hybridized carbons (Fsp3) is 0.450. The van der Waals surface area contributed by atoms with Gasteiger partial charge in [0.25, 0.3) is 11.5 Å². The molecule has 0 saturated heterocycles. The molecule has 0 fully saturated rings. The van der Waals surface area contributed by atoms with Crippen LogP contribution in [-0.2, 0) is 22.5 Å². The summed E-state index contributed by atoms with van der Waals surface area (Å²) in [5.74, 6) is -0.741. The molecule has 0 unspecified atom stereocenters. The second-order valence-electron chi connectivity index (χ2n) is 6.92. The number of carbonyl (C=O) groups is 3. The maximum Gasteiger partial charge on any atom is 0.338 e. The Balaban J connectivity index is 1.79. The number of benzene rings is 1. The van der Waals surface area contributed by atoms with E-state index in [0.717, 1.165) is 31.5 Å². The highest BCUT2D eigenvalue weighted by atomic mass is 16.5. The van der Waals surface area contributed by atoms with Gasteiger partial charge in [0.05, 0.1) is 16.5 Å². The van der Waals surface area contributed by atoms with Crippen molar-refractivity contribution in [2.45, 2.75) is 52.2 Å². The Hall–Kier alpha value is -3.23. The summed E-state index contributed by atoms with van der Waals surface area (Å²) in [6.45, 7) is 4.10. The molecule has 1 aromatic carbocycles. The Morgan fingerprint density at radius 3 is 2.79 bits per heavy atom. The van der Waals surface area contributed by atoms with Gasteiger partial charge < -0.3 is 10.1 Å². The first-order valence-electron chi connectivity index (χ1n) is 9.74. The molecule has 1 atom stereocenters. The number of fused-ring (bicyclic) bond motifs is 2. The van der Waals surface area contributed by atoms with Gasteiger partial charge in [0, 0.05) is 19.5 Å². The fourth-order valence-corrected chi connectivity index (χ4v) is 3.25. The topological polar surface area (TPSA) is 119 Å². The van der Waals surface area contributed by atoms with Crippen molar-refractivity contribution in [2.24, 2.45) is 0 Å². The molecule has 0 bridgehead atoms. The molecule has 0 radical (unpaired) electrons. The molecule has 9 heteroatoms. The van der Waals surface area contributed by atoms with Crippen LogP contribution in [0.15, 0.2) is 23.0 Å². The predicted octanol–water partition coefficient (Wildman–Crippen LogP) is 1.51. The molecule has 9 nitrogen and oxygen atoms in total. The number of imide groups is 1. The number of hydrogen-bond donors (Lipinski definition) is 2. The minimum Gasteiger partial charge on any atom is -0.449 e. The molecule has 154 valence electrons. The number of carbonyl (C=O) groups excluding carboxylic acids is 3. The van der Waals surface area contributed by atoms with Crippen molar-refractivity contribution in [3.8, 4) is 0 Å². The molecule has 29 heavy (non-hydrogen) atoms. The van der Waals surface area contributed by atoms with E-state index >= 15 is 0 Å². The number of aryl methyl sites for hydroxylation is 1. The van der Waals surface area contributed by atoms with E-state index in [1.807, 2.05) is 0 Å². The highest BCUT2D eigenvalue weighted by Gasteiger charge is 2.21. The largest absolute Gasteiger partial charge is 0.449 e. The number of rotatable bonds is 4. The average Bonchev–Trinajstić information content (AvgIpc) is 2.93. The van der Waals surface area contributed by atoms with Gasteiger partial charge in [0.15, 0.2) is 6.10 Å². The van der Waals surface area contributed by atoms with E-state index in [-0.39, 0.29) is 11.1 Å². The standard InChI is InChI=1S/C20H24N4O5/c1-3-21-20(28)23-17(25)12(2)29-19(27)13-8-9-14-15(11-13)22-16-7-5-4-6-10-24(16)18(14)26/h8-9,11-12H,3-7,10H2,1-2H3,(H2,21,23,25,28)/t12-/m0/s1. The zero-order valence-corrected chi connectivity index (χ0v) is 16.5. The molecule has 0 aliphatic carbocycles. The SMILES string of the molecule is CCNC(=O)NC(=O)[C@H](C)OC(=O)c1ccc2c(=O)n3c(nc2c1)CCCCC3. The third-order valence-electron chi connectivity index (χ3n) is 4.78. The third-order valence-corrected chi connectivity index (χ3v) is 4.78. The van der Waals surface area contributed by atoms with Crippen LogP contribution in [0.25, 0.3) is 10.9 Å². The molecule has 3 rings (SSSR count). The van der Waals surface area contributed by atoms with E-state index in [4.69, 9.17) is 4.74 Å². The summed E-state index contributed by atoms with van der Waals surface area (Å²) in [5.41, 5.74) is 0.499. The molecule has 2 N–H and O–H groups in total. The lowest BCUT2D eigenvalue weighted by molar-refractivity contribution is -0.127. The van der Waals surface area contributed by atoms with Crippen molar-refractivity contribution in [1.29, 1.82) is 0 Å². The summed E-state index contributed by atoms with van der Waals surface area (Å²) in [6, 6.07) is 3.88. The zero-order valence-electron chi connectivity index (χ0n) is 16.5. The van der Waals surface area contributed by atoms with E-state index in [1.165, 1.54) is 19.1 Å². The molecule has 1 aliphatic heterocycles. The van der Waals surface area contributed by atoms with Crippen LogP contribution in [0, 0.1) is 0 Å². The molecular formula is C20H24N4O5. The van der Waals surface area contributed by atoms with Crippen LogP contribution < -0.4 is 16.2 Å². The first-order chi connectivity index (χ1) is 13.9. The Labute approximate surface area is 167 Å². The van der Waals surface area contributed by atoms with Crippen LogP contribution in [0.5, 0.6) is 0 Å². The maximum atomic E-state index is 12.7. The number of ether oxygens (including phenoxy) is 1. The number of esters is 1. The van der Waals surface area contributed by atoms with Crippen LogP contribution in [-0.4, -0.2) is 40.1 Å². The van der Waals surface area contributed by atoms with E-state index in [2.05, 4.69) is 15.6 Å². The highest BCUT2D eigenvalue weighted by molar-refractivity contribution is 5.99. The second-order valence-corrected chi connectivity index (χ2v) is 6.92. The van der Waals surface area contributed by atoms with Gasteiger partial charge in [-0.2, -0.15) is 0 Å². The fourth-order valence-electron chi connectivity index (χ4n) is 3.25. The van der Waals surface area contributed by atoms with Crippen molar-refractivity contribution in [1.82, 2.24) is 20.2 Å². The van der Waals surface area contributed by atoms with Crippen LogP contribution in [0.1, 0.15) is 49.3 Å². The maximum absolute atomic E-state index is 12.7. The lowest BCUT2D eigenvalue weighted by atomic mass is 10.1. The third kappa shape index (κ3) is 4.61. The number of amides is 3. The number of nitrogens with one attached hydrogen (secondary N) is 2. The van der Waals surface area contributed by atoms with E-state index in [9.17, 15) is 19.2 Å². The second kappa shape index (κ2) is 8.85. The number of nitrogens with zero attached hydrogens (tertiary/aromatic N) is 2. The molecule has 2 aromatic rings. The van der Waals surface area contributed by atoms with Gasteiger partial charge in [0.1, 0.15) is 5.82 Å². The van der Waals surface area contributed by atoms with Crippen molar-refractivity contribution >= 4 is 28.8 Å². The number of hydrogen-bond acceptors (Lipinski definition) is 6. The summed E-state index contributed by atoms with van der Waals surface area (Å²) in [7, 11) is 0. The van der Waals surface area contributed by atoms with E-state index in [1.54, 1.807) is 17.6 Å². The monoisotopic (exact) mass is 400 g/mol. The molecule has 1 aliphatic rings. The van der Waals surface area contributed by atoms with E-state index in [0.29, 0.717) is 24.0 Å². The van der Waals surface area contributed by atoms with Gasteiger partial charge in [-0.1, -0.05) is 6.42 Å². The van der Waals surface area contributed by atoms with Crippen LogP contribution >= 0.6 is 0 Å². The molecule has 2 heterocycles. The molecular weight excluding hydrogens is 376 g/mol. The smallest absolute Gasteiger partial charge is 0.338 e. The lowest BCUT2D eigenvalue weighted by Gasteiger charge is -2.14. The van der Waals surface area contributed by atoms with Crippen molar-refractivity contribution in [3.63, 3.8) is 0 Å². The van der Waals surface area contributed by atoms with Gasteiger partial charge in [0.2, 0.25) is 0 Å². The van der Waals surface area contributed by atoms with Crippen LogP contribution in [0.3, 0.4) is 0 Å².